The van der Waals surface area contributed by atoms with Crippen molar-refractivity contribution in [2.75, 3.05) is 0 Å². The first kappa shape index (κ1) is 13.0. The minimum Gasteiger partial charge on any atom is -0.184 e. The zero-order valence-corrected chi connectivity index (χ0v) is 6.82. The Labute approximate surface area is 77.9 Å². The van der Waals surface area contributed by atoms with Crippen LogP contribution in [0.1, 0.15) is 0 Å². The van der Waals surface area contributed by atoms with Crippen LogP contribution in [0.15, 0.2) is 16.5 Å². The van der Waals surface area contributed by atoms with Crippen LogP contribution in [-0.2, 0) is 0 Å². The number of alkyl halides is 6. The zero-order valence-electron chi connectivity index (χ0n) is 6.00. The van der Waals surface area contributed by atoms with Crippen molar-refractivity contribution >= 4 is 17.4 Å². The maximum absolute atomic E-state index is 12.2. The molecule has 0 unspecified atom stereocenters. The van der Waals surface area contributed by atoms with E-state index < -0.39 is 23.9 Å². The summed E-state index contributed by atoms with van der Waals surface area (Å²) in [6.07, 6.45) is -11.8. The molecule has 1 nitrogen and oxygen atoms in total. The Balaban J connectivity index is 5.56. The first-order valence-corrected chi connectivity index (χ1v) is 3.13. The lowest BCUT2D eigenvalue weighted by Gasteiger charge is -2.13. The number of hydrogen-bond donors (Lipinski definition) is 0. The van der Waals surface area contributed by atoms with E-state index in [1.807, 2.05) is 4.99 Å². The van der Waals surface area contributed by atoms with Gasteiger partial charge in [0.1, 0.15) is 0 Å². The highest BCUT2D eigenvalue weighted by Gasteiger charge is 2.54. The topological polar surface area (TPSA) is 12.4 Å². The number of allylic oxidation sites excluding steroid dienone is 1. The van der Waals surface area contributed by atoms with E-state index in [0.717, 1.165) is 5.16 Å². The first-order valence-electron chi connectivity index (χ1n) is 2.72. The molecule has 0 bridgehead atoms. The van der Waals surface area contributed by atoms with Gasteiger partial charge < -0.3 is 0 Å². The maximum Gasteiger partial charge on any atom is 0.425 e. The second-order valence-electron chi connectivity index (χ2n) is 1.86. The van der Waals surface area contributed by atoms with Gasteiger partial charge in [0.15, 0.2) is 5.57 Å². The molecule has 0 spiro atoms. The van der Waals surface area contributed by atoms with Crippen LogP contribution in [0.3, 0.4) is 0 Å². The molecule has 0 fully saturated rings. The molecule has 0 aliphatic rings. The van der Waals surface area contributed by atoms with Gasteiger partial charge in [0, 0.05) is 0 Å². The van der Waals surface area contributed by atoms with Crippen LogP contribution in [0.2, 0.25) is 0 Å². The fourth-order valence-corrected chi connectivity index (χ4v) is 0.571. The Morgan fingerprint density at radius 3 is 1.57 bits per heavy atom. The Morgan fingerprint density at radius 2 is 1.36 bits per heavy atom. The van der Waals surface area contributed by atoms with Crippen LogP contribution < -0.4 is 0 Å². The third-order valence-electron chi connectivity index (χ3n) is 0.917. The van der Waals surface area contributed by atoms with Crippen molar-refractivity contribution in [3.63, 3.8) is 0 Å². The van der Waals surface area contributed by atoms with E-state index in [0.29, 0.717) is 0 Å². The largest absolute Gasteiger partial charge is 0.425 e. The van der Waals surface area contributed by atoms with Crippen LogP contribution in [0.25, 0.3) is 0 Å². The van der Waals surface area contributed by atoms with Crippen LogP contribution in [0, 0.1) is 0 Å². The van der Waals surface area contributed by atoms with Gasteiger partial charge in [-0.15, -0.1) is 0 Å². The summed E-state index contributed by atoms with van der Waals surface area (Å²) in [6.45, 7) is 0. The van der Waals surface area contributed by atoms with Crippen molar-refractivity contribution in [2.24, 2.45) is 4.99 Å². The molecule has 0 aromatic heterocycles. The van der Waals surface area contributed by atoms with Crippen molar-refractivity contribution in [1.29, 1.82) is 0 Å². The highest BCUT2D eigenvalue weighted by atomic mass is 32.1. The fraction of sp³-hybridized carbons (Fsp3) is 0.400. The average molecular weight is 239 g/mol. The number of nitrogens with zero attached hydrogens (tertiary/aromatic N) is 1. The second kappa shape index (κ2) is 4.05. The molecule has 14 heavy (non-hydrogen) atoms. The molecule has 0 aliphatic heterocycles. The summed E-state index contributed by atoms with van der Waals surface area (Å²) < 4.78 is 82.1. The van der Waals surface area contributed by atoms with E-state index in [-0.39, 0.29) is 0 Å². The van der Waals surface area contributed by atoms with Crippen LogP contribution in [0.4, 0.5) is 30.7 Å². The van der Waals surface area contributed by atoms with Gasteiger partial charge in [-0.2, -0.15) is 35.7 Å². The second-order valence-corrected chi connectivity index (χ2v) is 2.05. The highest BCUT2D eigenvalue weighted by molar-refractivity contribution is 7.78. The van der Waals surface area contributed by atoms with Gasteiger partial charge in [0.25, 0.3) is 0 Å². The molecule has 0 saturated heterocycles. The van der Waals surface area contributed by atoms with Crippen molar-refractivity contribution in [3.05, 3.63) is 11.5 Å². The van der Waals surface area contributed by atoms with Gasteiger partial charge in [0.05, 0.1) is 5.16 Å². The predicted molar refractivity (Wildman–Crippen MR) is 35.3 cm³/mol. The van der Waals surface area contributed by atoms with E-state index in [9.17, 15) is 30.7 Å². The zero-order chi connectivity index (χ0) is 11.6. The molecule has 0 N–H and O–H groups in total. The molecule has 0 saturated carbocycles. The Bertz CT molecular complexity index is 276. The summed E-state index contributed by atoms with van der Waals surface area (Å²) >= 11 is 3.67. The number of hydrogen-bond acceptors (Lipinski definition) is 2. The summed E-state index contributed by atoms with van der Waals surface area (Å²) in [5.41, 5.74) is -3.33. The molecule has 0 aliphatic carbocycles. The number of thiocarbonyl (C=S) groups is 1. The van der Waals surface area contributed by atoms with Gasteiger partial charge in [-0.3, -0.25) is 0 Å². The molecule has 80 valence electrons. The number of aliphatic imine (C=N–C) groups is 1. The molecule has 0 aromatic carbocycles. The average Bonchev–Trinajstić information content (AvgIpc) is 1.78. The molecular formula is C5F7NS. The molecule has 0 heterocycles. The molecule has 0 amide bonds. The lowest BCUT2D eigenvalue weighted by Crippen LogP contribution is -2.27. The fourth-order valence-electron chi connectivity index (χ4n) is 0.491. The van der Waals surface area contributed by atoms with E-state index in [2.05, 4.69) is 12.2 Å². The summed E-state index contributed by atoms with van der Waals surface area (Å²) in [5.74, 6) is -2.75. The molecule has 0 atom stereocenters. The van der Waals surface area contributed by atoms with Crippen LogP contribution in [0.5, 0.6) is 0 Å². The summed E-state index contributed by atoms with van der Waals surface area (Å²) in [4.78, 5) is 2.00. The third kappa shape index (κ3) is 3.43. The van der Waals surface area contributed by atoms with Crippen LogP contribution in [-0.4, -0.2) is 17.5 Å². The van der Waals surface area contributed by atoms with E-state index >= 15 is 0 Å². The van der Waals surface area contributed by atoms with Gasteiger partial charge in [-0.1, -0.05) is 0 Å². The molecular weight excluding hydrogens is 239 g/mol. The monoisotopic (exact) mass is 239 g/mol. The van der Waals surface area contributed by atoms with Gasteiger partial charge >= 0.3 is 12.4 Å². The number of rotatable bonds is 1. The Hall–Kier alpha value is -0.950. The van der Waals surface area contributed by atoms with Gasteiger partial charge in [-0.05, 0) is 12.2 Å². The lowest BCUT2D eigenvalue weighted by atomic mass is 10.2. The molecule has 0 radical (unpaired) electrons. The highest BCUT2D eigenvalue weighted by Crippen LogP contribution is 2.41. The molecule has 0 aromatic rings. The number of isothiocyanates is 1. The lowest BCUT2D eigenvalue weighted by molar-refractivity contribution is -0.174. The van der Waals surface area contributed by atoms with Gasteiger partial charge in [-0.25, -0.2) is 0 Å². The molecule has 0 rings (SSSR count). The van der Waals surface area contributed by atoms with Gasteiger partial charge in [0.2, 0.25) is 5.95 Å². The quantitative estimate of drug-likeness (QED) is 0.295. The summed E-state index contributed by atoms with van der Waals surface area (Å²) in [6, 6.07) is 0. The molecule has 9 heteroatoms. The maximum atomic E-state index is 12.2. The normalized spacial score (nSPS) is 11.9. The van der Waals surface area contributed by atoms with E-state index in [4.69, 9.17) is 0 Å². The summed E-state index contributed by atoms with van der Waals surface area (Å²) in [5, 5.41) is 1.07. The smallest absolute Gasteiger partial charge is 0.184 e. The van der Waals surface area contributed by atoms with Crippen molar-refractivity contribution in [1.82, 2.24) is 0 Å². The Morgan fingerprint density at radius 1 is 1.00 bits per heavy atom. The SMILES string of the molecule is FC(N=C=S)=C(C(F)(F)F)C(F)(F)F. The first-order chi connectivity index (χ1) is 6.10. The number of halogens is 7. The summed E-state index contributed by atoms with van der Waals surface area (Å²) in [7, 11) is 0. The van der Waals surface area contributed by atoms with Crippen LogP contribution >= 0.6 is 12.2 Å². The van der Waals surface area contributed by atoms with Crippen molar-refractivity contribution in [2.45, 2.75) is 12.4 Å². The van der Waals surface area contributed by atoms with E-state index in [1.165, 1.54) is 0 Å². The van der Waals surface area contributed by atoms with E-state index in [1.54, 1.807) is 0 Å². The predicted octanol–water partition coefficient (Wildman–Crippen LogP) is 3.39. The third-order valence-corrected chi connectivity index (χ3v) is 1.01. The minimum atomic E-state index is -5.88. The van der Waals surface area contributed by atoms with Crippen molar-refractivity contribution < 1.29 is 30.7 Å². The Kier molecular flexibility index (Phi) is 3.78. The standard InChI is InChI=1S/C5F7NS/c6-3(13-1-14)2(4(7,8)9)5(10,11)12. The van der Waals surface area contributed by atoms with Crippen molar-refractivity contribution in [3.8, 4) is 0 Å². The minimum absolute atomic E-state index is 1.07.